The Kier molecular flexibility index (Phi) is 5.57. The molecule has 0 unspecified atom stereocenters. The number of halogens is 1. The Morgan fingerprint density at radius 2 is 1.76 bits per heavy atom. The van der Waals surface area contributed by atoms with Crippen LogP contribution in [0, 0.1) is 0 Å². The minimum atomic E-state index is 0.0875. The van der Waals surface area contributed by atoms with E-state index in [4.69, 9.17) is 21.1 Å². The number of hydrogen-bond acceptors (Lipinski definition) is 6. The van der Waals surface area contributed by atoms with Crippen molar-refractivity contribution in [2.24, 2.45) is 0 Å². The first-order chi connectivity index (χ1) is 10.2. The van der Waals surface area contributed by atoms with E-state index in [0.717, 1.165) is 18.7 Å². The molecule has 0 spiro atoms. The molecule has 1 N–H and O–H groups in total. The Morgan fingerprint density at radius 3 is 2.43 bits per heavy atom. The largest absolute Gasteiger partial charge is 0.494 e. The molecule has 7 heteroatoms. The fourth-order valence-corrected chi connectivity index (χ4v) is 1.72. The number of rotatable bonds is 7. The zero-order valence-corrected chi connectivity index (χ0v) is 12.7. The SMILES string of the molecule is CCCNc1nc(Cl)nc(Oc2ccc(OCC)cc2)n1. The lowest BCUT2D eigenvalue weighted by molar-refractivity contribution is 0.339. The van der Waals surface area contributed by atoms with Crippen LogP contribution in [-0.4, -0.2) is 28.1 Å². The lowest BCUT2D eigenvalue weighted by Crippen LogP contribution is -2.06. The van der Waals surface area contributed by atoms with Gasteiger partial charge < -0.3 is 14.8 Å². The minimum Gasteiger partial charge on any atom is -0.494 e. The fourth-order valence-electron chi connectivity index (χ4n) is 1.57. The van der Waals surface area contributed by atoms with Gasteiger partial charge >= 0.3 is 6.01 Å². The van der Waals surface area contributed by atoms with E-state index in [9.17, 15) is 0 Å². The van der Waals surface area contributed by atoms with Crippen LogP contribution in [0.5, 0.6) is 17.5 Å². The van der Waals surface area contributed by atoms with Gasteiger partial charge in [-0.05, 0) is 49.2 Å². The molecule has 0 saturated heterocycles. The molecular weight excluding hydrogens is 292 g/mol. The third kappa shape index (κ3) is 4.75. The van der Waals surface area contributed by atoms with E-state index in [-0.39, 0.29) is 11.3 Å². The van der Waals surface area contributed by atoms with Crippen molar-refractivity contribution in [3.8, 4) is 17.5 Å². The smallest absolute Gasteiger partial charge is 0.328 e. The summed E-state index contributed by atoms with van der Waals surface area (Å²) >= 11 is 5.86. The molecule has 1 heterocycles. The monoisotopic (exact) mass is 308 g/mol. The third-order valence-electron chi connectivity index (χ3n) is 2.46. The Balaban J connectivity index is 2.09. The van der Waals surface area contributed by atoms with Crippen molar-refractivity contribution in [1.82, 2.24) is 15.0 Å². The van der Waals surface area contributed by atoms with Gasteiger partial charge in [-0.25, -0.2) is 0 Å². The van der Waals surface area contributed by atoms with Crippen LogP contribution < -0.4 is 14.8 Å². The molecule has 0 aliphatic carbocycles. The topological polar surface area (TPSA) is 69.2 Å². The van der Waals surface area contributed by atoms with E-state index >= 15 is 0 Å². The van der Waals surface area contributed by atoms with Gasteiger partial charge in [-0.2, -0.15) is 15.0 Å². The van der Waals surface area contributed by atoms with Crippen molar-refractivity contribution in [3.63, 3.8) is 0 Å². The molecule has 1 aromatic carbocycles. The summed E-state index contributed by atoms with van der Waals surface area (Å²) in [5.41, 5.74) is 0. The molecule has 21 heavy (non-hydrogen) atoms. The van der Waals surface area contributed by atoms with Crippen LogP contribution in [0.15, 0.2) is 24.3 Å². The minimum absolute atomic E-state index is 0.0875. The van der Waals surface area contributed by atoms with Gasteiger partial charge in [0.05, 0.1) is 6.61 Å². The maximum Gasteiger partial charge on any atom is 0.328 e. The second-order valence-electron chi connectivity index (χ2n) is 4.14. The average molecular weight is 309 g/mol. The molecule has 0 aliphatic rings. The van der Waals surface area contributed by atoms with E-state index in [1.165, 1.54) is 0 Å². The van der Waals surface area contributed by atoms with Crippen LogP contribution in [0.3, 0.4) is 0 Å². The van der Waals surface area contributed by atoms with Gasteiger partial charge in [0, 0.05) is 6.54 Å². The molecule has 0 bridgehead atoms. The first-order valence-electron chi connectivity index (χ1n) is 6.77. The normalized spacial score (nSPS) is 10.2. The maximum atomic E-state index is 5.86. The molecule has 112 valence electrons. The Morgan fingerprint density at radius 1 is 1.05 bits per heavy atom. The predicted molar refractivity (Wildman–Crippen MR) is 81.3 cm³/mol. The summed E-state index contributed by atoms with van der Waals surface area (Å²) in [6.45, 7) is 5.35. The number of nitrogens with one attached hydrogen (secondary N) is 1. The van der Waals surface area contributed by atoms with Crippen molar-refractivity contribution in [2.45, 2.75) is 20.3 Å². The van der Waals surface area contributed by atoms with Gasteiger partial charge in [0.15, 0.2) is 0 Å². The molecule has 0 amide bonds. The highest BCUT2D eigenvalue weighted by Gasteiger charge is 2.07. The second kappa shape index (κ2) is 7.64. The van der Waals surface area contributed by atoms with Crippen molar-refractivity contribution in [1.29, 1.82) is 0 Å². The summed E-state index contributed by atoms with van der Waals surface area (Å²) in [5, 5.41) is 3.13. The van der Waals surface area contributed by atoms with E-state index in [0.29, 0.717) is 18.3 Å². The number of ether oxygens (including phenoxy) is 2. The van der Waals surface area contributed by atoms with Crippen LogP contribution >= 0.6 is 11.6 Å². The Labute approximate surface area is 128 Å². The lowest BCUT2D eigenvalue weighted by Gasteiger charge is -2.08. The molecule has 2 rings (SSSR count). The Bertz CT molecular complexity index is 578. The molecule has 2 aromatic rings. The molecular formula is C14H17ClN4O2. The van der Waals surface area contributed by atoms with Gasteiger partial charge in [0.2, 0.25) is 11.2 Å². The third-order valence-corrected chi connectivity index (χ3v) is 2.63. The molecule has 0 fully saturated rings. The van der Waals surface area contributed by atoms with Crippen molar-refractivity contribution in [2.75, 3.05) is 18.5 Å². The van der Waals surface area contributed by atoms with Crippen molar-refractivity contribution < 1.29 is 9.47 Å². The van der Waals surface area contributed by atoms with Crippen LogP contribution in [0.1, 0.15) is 20.3 Å². The standard InChI is InChI=1S/C14H17ClN4O2/c1-3-9-16-13-17-12(15)18-14(19-13)21-11-7-5-10(6-8-11)20-4-2/h5-8H,3-4,9H2,1-2H3,(H,16,17,18,19). The quantitative estimate of drug-likeness (QED) is 0.843. The molecule has 0 radical (unpaired) electrons. The van der Waals surface area contributed by atoms with Crippen molar-refractivity contribution in [3.05, 3.63) is 29.5 Å². The van der Waals surface area contributed by atoms with Gasteiger partial charge in [-0.3, -0.25) is 0 Å². The van der Waals surface area contributed by atoms with Gasteiger partial charge in [0.1, 0.15) is 11.5 Å². The highest BCUT2D eigenvalue weighted by molar-refractivity contribution is 6.28. The van der Waals surface area contributed by atoms with Crippen LogP contribution in [0.25, 0.3) is 0 Å². The van der Waals surface area contributed by atoms with E-state index in [1.54, 1.807) is 12.1 Å². The Hall–Kier alpha value is -2.08. The molecule has 0 aliphatic heterocycles. The van der Waals surface area contributed by atoms with E-state index in [1.807, 2.05) is 26.0 Å². The van der Waals surface area contributed by atoms with Gasteiger partial charge in [-0.1, -0.05) is 6.92 Å². The summed E-state index contributed by atoms with van der Waals surface area (Å²) in [6.07, 6.45) is 0.957. The lowest BCUT2D eigenvalue weighted by atomic mass is 10.3. The van der Waals surface area contributed by atoms with Crippen molar-refractivity contribution >= 4 is 17.5 Å². The fraction of sp³-hybridized carbons (Fsp3) is 0.357. The van der Waals surface area contributed by atoms with Gasteiger partial charge in [-0.15, -0.1) is 0 Å². The number of aromatic nitrogens is 3. The molecule has 0 saturated carbocycles. The summed E-state index contributed by atoms with van der Waals surface area (Å²) in [5.74, 6) is 1.78. The summed E-state index contributed by atoms with van der Waals surface area (Å²) in [4.78, 5) is 12.1. The van der Waals surface area contributed by atoms with Crippen LogP contribution in [0.4, 0.5) is 5.95 Å². The molecule has 0 atom stereocenters. The summed E-state index contributed by atoms with van der Waals surface area (Å²) < 4.78 is 10.9. The van der Waals surface area contributed by atoms with E-state index in [2.05, 4.69) is 20.3 Å². The number of benzene rings is 1. The van der Waals surface area contributed by atoms with Crippen LogP contribution in [-0.2, 0) is 0 Å². The first-order valence-corrected chi connectivity index (χ1v) is 7.15. The zero-order chi connectivity index (χ0) is 15.1. The average Bonchev–Trinajstić information content (AvgIpc) is 2.47. The highest BCUT2D eigenvalue weighted by Crippen LogP contribution is 2.22. The van der Waals surface area contributed by atoms with E-state index < -0.39 is 0 Å². The number of anilines is 1. The maximum absolute atomic E-state index is 5.86. The highest BCUT2D eigenvalue weighted by atomic mass is 35.5. The van der Waals surface area contributed by atoms with Crippen LogP contribution in [0.2, 0.25) is 5.28 Å². The molecule has 6 nitrogen and oxygen atoms in total. The number of hydrogen-bond donors (Lipinski definition) is 1. The zero-order valence-electron chi connectivity index (χ0n) is 12.0. The second-order valence-corrected chi connectivity index (χ2v) is 4.48. The number of nitrogens with zero attached hydrogens (tertiary/aromatic N) is 3. The summed E-state index contributed by atoms with van der Waals surface area (Å²) in [6, 6.07) is 7.34. The first kappa shape index (κ1) is 15.3. The van der Waals surface area contributed by atoms with Gasteiger partial charge in [0.25, 0.3) is 0 Å². The predicted octanol–water partition coefficient (Wildman–Crippen LogP) is 3.54. The molecule has 1 aromatic heterocycles. The summed E-state index contributed by atoms with van der Waals surface area (Å²) in [7, 11) is 0.